The van der Waals surface area contributed by atoms with Crippen molar-refractivity contribution in [1.29, 1.82) is 0 Å². The largest absolute Gasteiger partial charge is 0.494 e. The smallest absolute Gasteiger partial charge is 0.240 e. The predicted molar refractivity (Wildman–Crippen MR) is 106 cm³/mol. The molecule has 0 aliphatic carbocycles. The van der Waals surface area contributed by atoms with Crippen molar-refractivity contribution in [1.82, 2.24) is 9.29 Å². The molecule has 0 spiro atoms. The Morgan fingerprint density at radius 2 is 1.70 bits per heavy atom. The first-order valence-electron chi connectivity index (χ1n) is 8.90. The second-order valence-corrected chi connectivity index (χ2v) is 8.11. The molecule has 5 nitrogen and oxygen atoms in total. The first-order valence-corrected chi connectivity index (χ1v) is 10.4. The fraction of sp³-hybridized carbons (Fsp3) is 0.238. The van der Waals surface area contributed by atoms with Crippen LogP contribution in [0, 0.1) is 6.92 Å². The summed E-state index contributed by atoms with van der Waals surface area (Å²) in [6.07, 6.45) is 1.96. The predicted octanol–water partition coefficient (Wildman–Crippen LogP) is 3.72. The number of nitrogens with one attached hydrogen (secondary N) is 1. The van der Waals surface area contributed by atoms with E-state index in [1.807, 2.05) is 29.8 Å². The van der Waals surface area contributed by atoms with E-state index < -0.39 is 10.0 Å². The third-order valence-electron chi connectivity index (χ3n) is 4.29. The van der Waals surface area contributed by atoms with Gasteiger partial charge in [0.2, 0.25) is 10.0 Å². The summed E-state index contributed by atoms with van der Waals surface area (Å²) in [5.74, 6) is 0.656. The number of benzene rings is 2. The molecule has 0 unspecified atom stereocenters. The Bertz CT molecular complexity index is 975. The molecule has 3 rings (SSSR count). The maximum Gasteiger partial charge on any atom is 0.240 e. The van der Waals surface area contributed by atoms with Crippen molar-refractivity contribution >= 4 is 10.0 Å². The van der Waals surface area contributed by atoms with Gasteiger partial charge >= 0.3 is 0 Å². The summed E-state index contributed by atoms with van der Waals surface area (Å²) < 4.78 is 35.2. The molecule has 0 saturated heterocycles. The second kappa shape index (κ2) is 8.41. The third-order valence-corrected chi connectivity index (χ3v) is 5.70. The van der Waals surface area contributed by atoms with Gasteiger partial charge in [0.05, 0.1) is 18.0 Å². The lowest BCUT2D eigenvalue weighted by Gasteiger charge is -2.12. The van der Waals surface area contributed by atoms with Crippen molar-refractivity contribution in [3.05, 3.63) is 83.7 Å². The fourth-order valence-electron chi connectivity index (χ4n) is 2.79. The van der Waals surface area contributed by atoms with Crippen LogP contribution in [0.4, 0.5) is 0 Å². The topological polar surface area (TPSA) is 60.3 Å². The summed E-state index contributed by atoms with van der Waals surface area (Å²) in [4.78, 5) is 0.225. The van der Waals surface area contributed by atoms with Crippen molar-refractivity contribution < 1.29 is 13.2 Å². The molecule has 6 heteroatoms. The van der Waals surface area contributed by atoms with Crippen molar-refractivity contribution in [2.24, 2.45) is 0 Å². The number of aromatic nitrogens is 1. The molecular formula is C21H24N2O3S. The number of ether oxygens (including phenoxy) is 1. The highest BCUT2D eigenvalue weighted by Crippen LogP contribution is 2.16. The Labute approximate surface area is 160 Å². The minimum atomic E-state index is -3.58. The van der Waals surface area contributed by atoms with Gasteiger partial charge in [-0.05, 0) is 55.8 Å². The van der Waals surface area contributed by atoms with E-state index >= 15 is 0 Å². The molecule has 0 aliphatic rings. The molecule has 27 heavy (non-hydrogen) atoms. The molecule has 142 valence electrons. The normalized spacial score (nSPS) is 11.5. The Balaban J connectivity index is 1.67. The van der Waals surface area contributed by atoms with E-state index in [-0.39, 0.29) is 11.4 Å². The van der Waals surface area contributed by atoms with E-state index in [4.69, 9.17) is 4.74 Å². The van der Waals surface area contributed by atoms with Gasteiger partial charge in [-0.2, -0.15) is 0 Å². The molecule has 0 amide bonds. The van der Waals surface area contributed by atoms with Crippen LogP contribution in [0.3, 0.4) is 0 Å². The van der Waals surface area contributed by atoms with E-state index in [0.29, 0.717) is 18.9 Å². The first-order chi connectivity index (χ1) is 13.0. The average molecular weight is 385 g/mol. The van der Waals surface area contributed by atoms with Crippen molar-refractivity contribution in [3.63, 3.8) is 0 Å². The van der Waals surface area contributed by atoms with E-state index in [0.717, 1.165) is 5.69 Å². The molecule has 0 radical (unpaired) electrons. The molecule has 1 aromatic heterocycles. The Morgan fingerprint density at radius 1 is 1.00 bits per heavy atom. The van der Waals surface area contributed by atoms with Crippen LogP contribution in [0.25, 0.3) is 0 Å². The zero-order valence-electron chi connectivity index (χ0n) is 15.6. The number of hydrogen-bond donors (Lipinski definition) is 1. The third kappa shape index (κ3) is 4.99. The Kier molecular flexibility index (Phi) is 5.98. The minimum Gasteiger partial charge on any atom is -0.494 e. The van der Waals surface area contributed by atoms with Crippen LogP contribution in [0.5, 0.6) is 5.75 Å². The van der Waals surface area contributed by atoms with Crippen LogP contribution in [0.1, 0.15) is 23.7 Å². The monoisotopic (exact) mass is 384 g/mol. The van der Waals surface area contributed by atoms with Crippen molar-refractivity contribution in [3.8, 4) is 5.75 Å². The summed E-state index contributed by atoms with van der Waals surface area (Å²) in [7, 11) is -3.58. The Hall–Kier alpha value is -2.57. The van der Waals surface area contributed by atoms with Crippen LogP contribution in [-0.2, 0) is 23.1 Å². The van der Waals surface area contributed by atoms with Gasteiger partial charge in [0.25, 0.3) is 0 Å². The molecular weight excluding hydrogens is 360 g/mol. The molecule has 0 saturated carbocycles. The van der Waals surface area contributed by atoms with Gasteiger partial charge in [0, 0.05) is 18.4 Å². The van der Waals surface area contributed by atoms with Crippen LogP contribution < -0.4 is 9.46 Å². The van der Waals surface area contributed by atoms with Gasteiger partial charge in [0.1, 0.15) is 5.75 Å². The highest BCUT2D eigenvalue weighted by Gasteiger charge is 2.14. The lowest BCUT2D eigenvalue weighted by molar-refractivity contribution is 0.340. The van der Waals surface area contributed by atoms with Gasteiger partial charge < -0.3 is 9.30 Å². The lowest BCUT2D eigenvalue weighted by atomic mass is 10.1. The van der Waals surface area contributed by atoms with Crippen molar-refractivity contribution in [2.45, 2.75) is 31.8 Å². The zero-order chi connectivity index (χ0) is 19.3. The van der Waals surface area contributed by atoms with Gasteiger partial charge in [-0.3, -0.25) is 0 Å². The molecule has 1 N–H and O–H groups in total. The summed E-state index contributed by atoms with van der Waals surface area (Å²) in [5.41, 5.74) is 3.30. The molecule has 2 aromatic carbocycles. The zero-order valence-corrected chi connectivity index (χ0v) is 16.4. The standard InChI is InChI=1S/C21H24N2O3S/c1-3-26-20-10-12-21(13-11-20)27(24,25)22-15-19-5-4-14-23(19)16-18-8-6-17(2)7-9-18/h4-14,22H,3,15-16H2,1-2H3. The SMILES string of the molecule is CCOc1ccc(S(=O)(=O)NCc2cccn2Cc2ccc(C)cc2)cc1. The number of hydrogen-bond acceptors (Lipinski definition) is 3. The van der Waals surface area contributed by atoms with Crippen LogP contribution in [0.2, 0.25) is 0 Å². The maximum absolute atomic E-state index is 12.5. The van der Waals surface area contributed by atoms with E-state index in [1.54, 1.807) is 24.3 Å². The maximum atomic E-state index is 12.5. The summed E-state index contributed by atoms with van der Waals surface area (Å²) >= 11 is 0. The fourth-order valence-corrected chi connectivity index (χ4v) is 3.79. The van der Waals surface area contributed by atoms with Gasteiger partial charge in [-0.25, -0.2) is 13.1 Å². The lowest BCUT2D eigenvalue weighted by Crippen LogP contribution is -2.24. The molecule has 3 aromatic rings. The number of sulfonamides is 1. The van der Waals surface area contributed by atoms with Crippen LogP contribution in [-0.4, -0.2) is 19.6 Å². The summed E-state index contributed by atoms with van der Waals surface area (Å²) in [6.45, 7) is 5.42. The molecule has 1 heterocycles. The minimum absolute atomic E-state index is 0.225. The summed E-state index contributed by atoms with van der Waals surface area (Å²) in [5, 5.41) is 0. The first kappa shape index (κ1) is 19.2. The highest BCUT2D eigenvalue weighted by molar-refractivity contribution is 7.89. The van der Waals surface area contributed by atoms with Crippen molar-refractivity contribution in [2.75, 3.05) is 6.61 Å². The van der Waals surface area contributed by atoms with Gasteiger partial charge in [0.15, 0.2) is 0 Å². The van der Waals surface area contributed by atoms with Crippen LogP contribution in [0.15, 0.2) is 71.8 Å². The van der Waals surface area contributed by atoms with E-state index in [2.05, 4.69) is 35.9 Å². The molecule has 0 aliphatic heterocycles. The Morgan fingerprint density at radius 3 is 2.37 bits per heavy atom. The number of rotatable bonds is 8. The van der Waals surface area contributed by atoms with E-state index in [1.165, 1.54) is 11.1 Å². The molecule has 0 fully saturated rings. The molecule has 0 bridgehead atoms. The number of nitrogens with zero attached hydrogens (tertiary/aromatic N) is 1. The summed E-state index contributed by atoms with van der Waals surface area (Å²) in [6, 6.07) is 18.6. The van der Waals surface area contributed by atoms with Crippen LogP contribution >= 0.6 is 0 Å². The van der Waals surface area contributed by atoms with E-state index in [9.17, 15) is 8.42 Å². The average Bonchev–Trinajstić information content (AvgIpc) is 3.10. The molecule has 0 atom stereocenters. The van der Waals surface area contributed by atoms with Gasteiger partial charge in [-0.1, -0.05) is 29.8 Å². The second-order valence-electron chi connectivity index (χ2n) is 6.34. The quantitative estimate of drug-likeness (QED) is 0.644. The highest BCUT2D eigenvalue weighted by atomic mass is 32.2. The van der Waals surface area contributed by atoms with Gasteiger partial charge in [-0.15, -0.1) is 0 Å². The number of aryl methyl sites for hydroxylation is 1.